The average Bonchev–Trinajstić information content (AvgIpc) is 1.93. The summed E-state index contributed by atoms with van der Waals surface area (Å²) >= 11 is 0. The molecule has 0 aliphatic carbocycles. The number of unbranched alkanes of at least 4 members (excludes halogenated alkanes) is 1. The van der Waals surface area contributed by atoms with Gasteiger partial charge in [0.2, 0.25) is 0 Å². The number of rotatable bonds is 5. The first-order chi connectivity index (χ1) is 5.74. The number of likely N-dealkylation sites (tertiary alicyclic amines) is 1. The van der Waals surface area contributed by atoms with Crippen LogP contribution < -0.4 is 0 Å². The maximum Gasteiger partial charge on any atom is 0.0828 e. The van der Waals surface area contributed by atoms with Gasteiger partial charge < -0.3 is 4.74 Å². The number of nitrogens with zero attached hydrogens (tertiary/aromatic N) is 1. The maximum absolute atomic E-state index is 5.66. The molecule has 0 spiro atoms. The number of hydrogen-bond donors (Lipinski definition) is 0. The summed E-state index contributed by atoms with van der Waals surface area (Å²) in [5.74, 6) is 0. The van der Waals surface area contributed by atoms with Crippen LogP contribution in [0.4, 0.5) is 0 Å². The van der Waals surface area contributed by atoms with Crippen LogP contribution in [-0.4, -0.2) is 36.7 Å². The summed E-state index contributed by atoms with van der Waals surface area (Å²) in [5.41, 5.74) is 0. The predicted octanol–water partition coefficient (Wildman–Crippen LogP) is 1.90. The zero-order valence-electron chi connectivity index (χ0n) is 8.55. The molecule has 0 atom stereocenters. The Balaban J connectivity index is 1.95. The van der Waals surface area contributed by atoms with Gasteiger partial charge in [-0.05, 0) is 20.3 Å². The van der Waals surface area contributed by atoms with E-state index in [1.807, 2.05) is 0 Å². The van der Waals surface area contributed by atoms with Gasteiger partial charge in [-0.1, -0.05) is 13.3 Å². The molecule has 0 aromatic heterocycles. The third-order valence-electron chi connectivity index (χ3n) is 2.46. The van der Waals surface area contributed by atoms with Gasteiger partial charge >= 0.3 is 0 Å². The fourth-order valence-corrected chi connectivity index (χ4v) is 1.39. The molecule has 1 saturated heterocycles. The van der Waals surface area contributed by atoms with Crippen LogP contribution in [0.15, 0.2) is 0 Å². The summed E-state index contributed by atoms with van der Waals surface area (Å²) in [7, 11) is 0. The Morgan fingerprint density at radius 2 is 2.08 bits per heavy atom. The highest BCUT2D eigenvalue weighted by atomic mass is 16.5. The van der Waals surface area contributed by atoms with Crippen LogP contribution in [0.3, 0.4) is 0 Å². The molecule has 2 nitrogen and oxygen atoms in total. The summed E-state index contributed by atoms with van der Waals surface area (Å²) in [4.78, 5) is 2.44. The summed E-state index contributed by atoms with van der Waals surface area (Å²) in [6.07, 6.45) is 2.97. The molecule has 0 N–H and O–H groups in total. The van der Waals surface area contributed by atoms with Crippen LogP contribution >= 0.6 is 0 Å². The monoisotopic (exact) mass is 171 g/mol. The molecule has 0 saturated carbocycles. The van der Waals surface area contributed by atoms with Crippen molar-refractivity contribution in [3.63, 3.8) is 0 Å². The smallest absolute Gasteiger partial charge is 0.0828 e. The second kappa shape index (κ2) is 4.83. The van der Waals surface area contributed by atoms with Crippen molar-refractivity contribution < 1.29 is 4.74 Å². The summed E-state index contributed by atoms with van der Waals surface area (Å²) in [6, 6.07) is 0.691. The molecule has 0 aromatic rings. The zero-order valence-corrected chi connectivity index (χ0v) is 8.55. The van der Waals surface area contributed by atoms with Crippen molar-refractivity contribution in [2.45, 2.75) is 45.8 Å². The van der Waals surface area contributed by atoms with Crippen LogP contribution in [0.5, 0.6) is 0 Å². The van der Waals surface area contributed by atoms with E-state index in [2.05, 4.69) is 25.7 Å². The van der Waals surface area contributed by atoms with Gasteiger partial charge in [0.1, 0.15) is 0 Å². The van der Waals surface area contributed by atoms with E-state index in [1.54, 1.807) is 0 Å². The second-order valence-electron chi connectivity index (χ2n) is 3.89. The lowest BCUT2D eigenvalue weighted by Gasteiger charge is -2.41. The normalized spacial score (nSPS) is 20.0. The average molecular weight is 171 g/mol. The van der Waals surface area contributed by atoms with Gasteiger partial charge in [0.15, 0.2) is 0 Å². The van der Waals surface area contributed by atoms with E-state index in [4.69, 9.17) is 4.74 Å². The van der Waals surface area contributed by atoms with Crippen LogP contribution in [0.25, 0.3) is 0 Å². The van der Waals surface area contributed by atoms with Gasteiger partial charge in [0, 0.05) is 25.7 Å². The molecule has 1 rings (SSSR count). The van der Waals surface area contributed by atoms with Gasteiger partial charge in [0.05, 0.1) is 6.10 Å². The Kier molecular flexibility index (Phi) is 4.02. The molecule has 1 heterocycles. The van der Waals surface area contributed by atoms with Crippen LogP contribution in [-0.2, 0) is 4.74 Å². The molecular formula is C10H21NO. The lowest BCUT2D eigenvalue weighted by molar-refractivity contribution is -0.0669. The van der Waals surface area contributed by atoms with Gasteiger partial charge in [-0.25, -0.2) is 0 Å². The van der Waals surface area contributed by atoms with Crippen molar-refractivity contribution in [3.8, 4) is 0 Å². The van der Waals surface area contributed by atoms with Crippen molar-refractivity contribution in [3.05, 3.63) is 0 Å². The highest BCUT2D eigenvalue weighted by molar-refractivity contribution is 4.82. The van der Waals surface area contributed by atoms with Crippen molar-refractivity contribution in [2.24, 2.45) is 0 Å². The molecule has 0 amide bonds. The van der Waals surface area contributed by atoms with Crippen LogP contribution in [0.2, 0.25) is 0 Å². The summed E-state index contributed by atoms with van der Waals surface area (Å²) in [6.45, 7) is 9.91. The fraction of sp³-hybridized carbons (Fsp3) is 1.00. The van der Waals surface area contributed by atoms with E-state index < -0.39 is 0 Å². The molecule has 0 unspecified atom stereocenters. The SMILES string of the molecule is CCCCOC1CN(C(C)C)C1. The van der Waals surface area contributed by atoms with Gasteiger partial charge in [-0.15, -0.1) is 0 Å². The van der Waals surface area contributed by atoms with Crippen molar-refractivity contribution in [2.75, 3.05) is 19.7 Å². The summed E-state index contributed by atoms with van der Waals surface area (Å²) < 4.78 is 5.66. The zero-order chi connectivity index (χ0) is 8.97. The molecule has 1 fully saturated rings. The molecule has 12 heavy (non-hydrogen) atoms. The fourth-order valence-electron chi connectivity index (χ4n) is 1.39. The van der Waals surface area contributed by atoms with Crippen molar-refractivity contribution in [1.82, 2.24) is 4.90 Å². The van der Waals surface area contributed by atoms with E-state index in [1.165, 1.54) is 12.8 Å². The van der Waals surface area contributed by atoms with E-state index in [0.29, 0.717) is 12.1 Å². The standard InChI is InChI=1S/C10H21NO/c1-4-5-6-12-10-7-11(8-10)9(2)3/h9-10H,4-8H2,1-3H3. The Morgan fingerprint density at radius 3 is 2.58 bits per heavy atom. The van der Waals surface area contributed by atoms with E-state index in [9.17, 15) is 0 Å². The molecule has 1 aliphatic heterocycles. The lowest BCUT2D eigenvalue weighted by Crippen LogP contribution is -2.54. The third kappa shape index (κ3) is 2.76. The topological polar surface area (TPSA) is 12.5 Å². The Bertz CT molecular complexity index is 119. The van der Waals surface area contributed by atoms with Crippen LogP contribution in [0.1, 0.15) is 33.6 Å². The number of ether oxygens (including phenoxy) is 1. The molecule has 0 radical (unpaired) electrons. The third-order valence-corrected chi connectivity index (χ3v) is 2.46. The molecule has 72 valence electrons. The molecule has 0 bridgehead atoms. The predicted molar refractivity (Wildman–Crippen MR) is 51.4 cm³/mol. The molecule has 1 aliphatic rings. The van der Waals surface area contributed by atoms with E-state index in [-0.39, 0.29) is 0 Å². The first kappa shape index (κ1) is 10.0. The molecule has 2 heteroatoms. The highest BCUT2D eigenvalue weighted by Gasteiger charge is 2.28. The van der Waals surface area contributed by atoms with Crippen molar-refractivity contribution in [1.29, 1.82) is 0 Å². The lowest BCUT2D eigenvalue weighted by atomic mass is 10.1. The van der Waals surface area contributed by atoms with Gasteiger partial charge in [-0.2, -0.15) is 0 Å². The Hall–Kier alpha value is -0.0800. The van der Waals surface area contributed by atoms with E-state index >= 15 is 0 Å². The first-order valence-corrected chi connectivity index (χ1v) is 5.09. The Labute approximate surface area is 75.9 Å². The minimum Gasteiger partial charge on any atom is -0.376 e. The Morgan fingerprint density at radius 1 is 1.42 bits per heavy atom. The van der Waals surface area contributed by atoms with Crippen molar-refractivity contribution >= 4 is 0 Å². The largest absolute Gasteiger partial charge is 0.376 e. The quantitative estimate of drug-likeness (QED) is 0.586. The number of hydrogen-bond acceptors (Lipinski definition) is 2. The van der Waals surface area contributed by atoms with E-state index in [0.717, 1.165) is 19.7 Å². The molecule has 0 aromatic carbocycles. The minimum absolute atomic E-state index is 0.527. The van der Waals surface area contributed by atoms with Gasteiger partial charge in [-0.3, -0.25) is 4.90 Å². The first-order valence-electron chi connectivity index (χ1n) is 5.09. The highest BCUT2D eigenvalue weighted by Crippen LogP contribution is 2.14. The van der Waals surface area contributed by atoms with Gasteiger partial charge in [0.25, 0.3) is 0 Å². The molecular weight excluding hydrogens is 150 g/mol. The van der Waals surface area contributed by atoms with Crippen LogP contribution in [0, 0.1) is 0 Å². The summed E-state index contributed by atoms with van der Waals surface area (Å²) in [5, 5.41) is 0. The minimum atomic E-state index is 0.527. The second-order valence-corrected chi connectivity index (χ2v) is 3.89. The maximum atomic E-state index is 5.66.